The highest BCUT2D eigenvalue weighted by Crippen LogP contribution is 2.49. The van der Waals surface area contributed by atoms with E-state index in [9.17, 15) is 4.79 Å². The molecule has 0 bridgehead atoms. The third kappa shape index (κ3) is 2.94. The molecule has 0 atom stereocenters. The zero-order valence-electron chi connectivity index (χ0n) is 18.0. The number of aromatic nitrogens is 2. The molecular weight excluding hydrogens is 384 g/mol. The highest BCUT2D eigenvalue weighted by Gasteiger charge is 2.58. The van der Waals surface area contributed by atoms with Crippen molar-refractivity contribution in [2.75, 3.05) is 18.0 Å². The monoisotopic (exact) mass is 412 g/mol. The lowest BCUT2D eigenvalue weighted by Gasteiger charge is -2.50. The minimum absolute atomic E-state index is 0.277. The lowest BCUT2D eigenvalue weighted by Crippen LogP contribution is -2.65. The first-order valence-electron chi connectivity index (χ1n) is 11.4. The summed E-state index contributed by atoms with van der Waals surface area (Å²) in [5.41, 5.74) is 5.38. The maximum atomic E-state index is 13.7. The van der Waals surface area contributed by atoms with Gasteiger partial charge >= 0.3 is 0 Å². The van der Waals surface area contributed by atoms with Gasteiger partial charge in [0.1, 0.15) is 5.41 Å². The molecule has 158 valence electrons. The van der Waals surface area contributed by atoms with Crippen molar-refractivity contribution in [2.45, 2.75) is 43.7 Å². The number of likely N-dealkylation sites (tertiary alicyclic amines) is 1. The van der Waals surface area contributed by atoms with Gasteiger partial charge in [-0.25, -0.2) is 0 Å². The molecule has 3 heterocycles. The van der Waals surface area contributed by atoms with E-state index >= 15 is 0 Å². The second-order valence-electron chi connectivity index (χ2n) is 9.43. The molecule has 1 aromatic heterocycles. The Morgan fingerprint density at radius 1 is 1.00 bits per heavy atom. The molecule has 1 saturated carbocycles. The van der Waals surface area contributed by atoms with Crippen LogP contribution in [0.1, 0.15) is 36.8 Å². The van der Waals surface area contributed by atoms with Crippen LogP contribution in [0.25, 0.3) is 11.1 Å². The van der Waals surface area contributed by atoms with E-state index in [4.69, 9.17) is 0 Å². The number of nitrogens with zero attached hydrogens (tertiary/aromatic N) is 4. The minimum atomic E-state index is -0.338. The molecule has 1 amide bonds. The van der Waals surface area contributed by atoms with E-state index in [0.29, 0.717) is 12.6 Å². The predicted molar refractivity (Wildman–Crippen MR) is 122 cm³/mol. The summed E-state index contributed by atoms with van der Waals surface area (Å²) in [4.78, 5) is 18.3. The van der Waals surface area contributed by atoms with Gasteiger partial charge in [-0.15, -0.1) is 0 Å². The van der Waals surface area contributed by atoms with Crippen LogP contribution in [-0.4, -0.2) is 39.7 Å². The quantitative estimate of drug-likeness (QED) is 0.647. The van der Waals surface area contributed by atoms with Crippen LogP contribution in [0.4, 0.5) is 5.69 Å². The third-order valence-corrected chi connectivity index (χ3v) is 7.48. The van der Waals surface area contributed by atoms with Crippen LogP contribution in [0.3, 0.4) is 0 Å². The van der Waals surface area contributed by atoms with Crippen molar-refractivity contribution in [3.8, 4) is 11.1 Å². The van der Waals surface area contributed by atoms with Crippen LogP contribution < -0.4 is 4.90 Å². The number of para-hydroxylation sites is 1. The van der Waals surface area contributed by atoms with Gasteiger partial charge in [0.2, 0.25) is 5.91 Å². The van der Waals surface area contributed by atoms with E-state index in [1.807, 2.05) is 29.0 Å². The number of hydrogen-bond acceptors (Lipinski definition) is 3. The Hall–Kier alpha value is -2.92. The Morgan fingerprint density at radius 3 is 2.45 bits per heavy atom. The lowest BCUT2D eigenvalue weighted by molar-refractivity contribution is -0.130. The molecule has 2 fully saturated rings. The summed E-state index contributed by atoms with van der Waals surface area (Å²) < 4.78 is 1.82. The molecule has 6 rings (SSSR count). The average Bonchev–Trinajstić information content (AvgIpc) is 3.48. The van der Waals surface area contributed by atoms with E-state index in [2.05, 4.69) is 58.5 Å². The van der Waals surface area contributed by atoms with Crippen molar-refractivity contribution in [2.24, 2.45) is 7.05 Å². The fourth-order valence-corrected chi connectivity index (χ4v) is 5.79. The topological polar surface area (TPSA) is 41.4 Å². The van der Waals surface area contributed by atoms with Crippen LogP contribution in [0.2, 0.25) is 0 Å². The van der Waals surface area contributed by atoms with Crippen molar-refractivity contribution in [3.05, 3.63) is 72.1 Å². The number of carbonyl (C=O) groups is 1. The smallest absolute Gasteiger partial charge is 0.240 e. The van der Waals surface area contributed by atoms with Crippen LogP contribution in [0.15, 0.2) is 60.9 Å². The van der Waals surface area contributed by atoms with Crippen molar-refractivity contribution >= 4 is 11.6 Å². The van der Waals surface area contributed by atoms with Crippen molar-refractivity contribution in [1.29, 1.82) is 0 Å². The number of amides is 1. The van der Waals surface area contributed by atoms with E-state index in [1.54, 1.807) is 0 Å². The van der Waals surface area contributed by atoms with Crippen molar-refractivity contribution in [1.82, 2.24) is 14.7 Å². The number of aryl methyl sites for hydroxylation is 1. The number of carbonyl (C=O) groups excluding carboxylic acids is 1. The maximum absolute atomic E-state index is 13.7. The van der Waals surface area contributed by atoms with Crippen LogP contribution in [-0.2, 0) is 23.8 Å². The molecule has 0 N–H and O–H groups in total. The molecule has 1 aliphatic carbocycles. The summed E-state index contributed by atoms with van der Waals surface area (Å²) in [6, 6.07) is 17.6. The van der Waals surface area contributed by atoms with E-state index in [-0.39, 0.29) is 11.3 Å². The molecule has 31 heavy (non-hydrogen) atoms. The van der Waals surface area contributed by atoms with Crippen molar-refractivity contribution < 1.29 is 4.79 Å². The average molecular weight is 413 g/mol. The second kappa shape index (κ2) is 7.06. The van der Waals surface area contributed by atoms with Gasteiger partial charge in [-0.05, 0) is 35.6 Å². The van der Waals surface area contributed by atoms with Gasteiger partial charge in [-0.2, -0.15) is 5.10 Å². The summed E-state index contributed by atoms with van der Waals surface area (Å²) in [6.07, 6.45) is 9.15. The summed E-state index contributed by atoms with van der Waals surface area (Å²) in [6.45, 7) is 2.38. The fourth-order valence-electron chi connectivity index (χ4n) is 5.79. The van der Waals surface area contributed by atoms with Crippen LogP contribution in [0.5, 0.6) is 0 Å². The standard InChI is InChI=1S/C26H28N4O/c1-28-16-21(14-27-28)20-12-10-19(11-13-20)15-30-24-9-5-4-8-23(24)26(25(30)31)17-29(18-26)22-6-2-3-7-22/h4-5,8-14,16,22H,2-3,6-7,15,17-18H2,1H3. The summed E-state index contributed by atoms with van der Waals surface area (Å²) in [5, 5.41) is 4.26. The predicted octanol–water partition coefficient (Wildman–Crippen LogP) is 4.13. The minimum Gasteiger partial charge on any atom is -0.307 e. The number of hydrogen-bond donors (Lipinski definition) is 0. The van der Waals surface area contributed by atoms with E-state index in [0.717, 1.165) is 35.5 Å². The van der Waals surface area contributed by atoms with Gasteiger partial charge in [0.25, 0.3) is 0 Å². The van der Waals surface area contributed by atoms with Gasteiger partial charge in [0.05, 0.1) is 12.7 Å². The zero-order chi connectivity index (χ0) is 21.0. The highest BCUT2D eigenvalue weighted by atomic mass is 16.2. The van der Waals surface area contributed by atoms with Gasteiger partial charge in [0.15, 0.2) is 0 Å². The molecule has 1 saturated heterocycles. The first kappa shape index (κ1) is 18.8. The summed E-state index contributed by atoms with van der Waals surface area (Å²) in [7, 11) is 1.93. The van der Waals surface area contributed by atoms with Gasteiger partial charge in [0, 0.05) is 43.6 Å². The largest absolute Gasteiger partial charge is 0.307 e. The Balaban J connectivity index is 1.24. The molecule has 1 spiro atoms. The molecule has 2 aromatic carbocycles. The summed E-state index contributed by atoms with van der Waals surface area (Å²) in [5.74, 6) is 0.277. The van der Waals surface area contributed by atoms with Crippen LogP contribution >= 0.6 is 0 Å². The molecule has 0 radical (unpaired) electrons. The normalized spacial score (nSPS) is 20.4. The molecule has 0 unspecified atom stereocenters. The first-order valence-corrected chi connectivity index (χ1v) is 11.4. The molecular formula is C26H28N4O. The number of benzene rings is 2. The Kier molecular flexibility index (Phi) is 4.29. The molecule has 2 aliphatic heterocycles. The highest BCUT2D eigenvalue weighted by molar-refractivity contribution is 6.09. The Bertz CT molecular complexity index is 1120. The van der Waals surface area contributed by atoms with Gasteiger partial charge < -0.3 is 4.90 Å². The maximum Gasteiger partial charge on any atom is 0.240 e. The Labute approximate surface area is 183 Å². The fraction of sp³-hybridized carbons (Fsp3) is 0.385. The lowest BCUT2D eigenvalue weighted by atomic mass is 9.73. The zero-order valence-corrected chi connectivity index (χ0v) is 18.0. The van der Waals surface area contributed by atoms with Crippen LogP contribution in [0, 0.1) is 0 Å². The molecule has 3 aromatic rings. The summed E-state index contributed by atoms with van der Waals surface area (Å²) >= 11 is 0. The second-order valence-corrected chi connectivity index (χ2v) is 9.43. The molecule has 5 heteroatoms. The first-order chi connectivity index (χ1) is 15.1. The Morgan fingerprint density at radius 2 is 1.74 bits per heavy atom. The van der Waals surface area contributed by atoms with Crippen molar-refractivity contribution in [3.63, 3.8) is 0 Å². The molecule has 3 aliphatic rings. The van der Waals surface area contributed by atoms with Gasteiger partial charge in [-0.1, -0.05) is 55.3 Å². The molecule has 5 nitrogen and oxygen atoms in total. The third-order valence-electron chi connectivity index (χ3n) is 7.48. The number of anilines is 1. The van der Waals surface area contributed by atoms with E-state index in [1.165, 1.54) is 31.2 Å². The number of rotatable bonds is 4. The SMILES string of the molecule is Cn1cc(-c2ccc(CN3C(=O)C4(CN(C5CCCC5)C4)c4ccccc43)cc2)cn1. The van der Waals surface area contributed by atoms with E-state index < -0.39 is 0 Å². The number of fused-ring (bicyclic) bond motifs is 2. The van der Waals surface area contributed by atoms with Gasteiger partial charge in [-0.3, -0.25) is 14.4 Å².